The van der Waals surface area contributed by atoms with Crippen LogP contribution in [0.2, 0.25) is 0 Å². The summed E-state index contributed by atoms with van der Waals surface area (Å²) in [7, 11) is 0. The van der Waals surface area contributed by atoms with Crippen LogP contribution in [0.15, 0.2) is 59.7 Å². The van der Waals surface area contributed by atoms with E-state index in [-0.39, 0.29) is 12.1 Å². The van der Waals surface area contributed by atoms with Gasteiger partial charge in [-0.05, 0) is 89.4 Å². The number of esters is 1. The highest BCUT2D eigenvalue weighted by Crippen LogP contribution is 2.21. The van der Waals surface area contributed by atoms with E-state index >= 15 is 0 Å². The van der Waals surface area contributed by atoms with Gasteiger partial charge in [-0.1, -0.05) is 0 Å². The van der Waals surface area contributed by atoms with E-state index in [4.69, 9.17) is 23.8 Å². The number of aromatic nitrogens is 1. The number of alkyl carbamates (subject to hydrolysis) is 2. The molecule has 2 aromatic carbocycles. The largest absolute Gasteiger partial charge is 0.444 e. The number of aliphatic imine (C=N–C) groups is 1. The van der Waals surface area contributed by atoms with Crippen LogP contribution in [0.5, 0.6) is 5.75 Å². The molecule has 3 rings (SSSR count). The number of nitrogens with zero attached hydrogens (tertiary/aromatic N) is 1. The van der Waals surface area contributed by atoms with Crippen LogP contribution in [0.1, 0.15) is 51.9 Å². The third kappa shape index (κ3) is 10.9. The van der Waals surface area contributed by atoms with Crippen molar-refractivity contribution in [1.29, 1.82) is 0 Å². The van der Waals surface area contributed by atoms with Gasteiger partial charge in [-0.15, -0.1) is 0 Å². The van der Waals surface area contributed by atoms with Crippen molar-refractivity contribution in [1.82, 2.24) is 15.6 Å². The van der Waals surface area contributed by atoms with Crippen molar-refractivity contribution in [3.05, 3.63) is 60.3 Å². The fraction of sp³-hybridized carbons (Fsp3) is 0.296. The van der Waals surface area contributed by atoms with Crippen LogP contribution in [-0.4, -0.2) is 46.5 Å². The van der Waals surface area contributed by atoms with Gasteiger partial charge < -0.3 is 19.2 Å². The molecule has 0 atom stereocenters. The predicted molar refractivity (Wildman–Crippen MR) is 141 cm³/mol. The number of nitrogens with one attached hydrogen (secondary N) is 3. The molecule has 0 saturated carbocycles. The first-order valence-electron chi connectivity index (χ1n) is 11.7. The molecule has 3 N–H and O–H groups in total. The molecule has 12 heteroatoms. The van der Waals surface area contributed by atoms with Gasteiger partial charge in [0.1, 0.15) is 17.0 Å². The molecule has 2 amide bonds. The first-order chi connectivity index (χ1) is 18.2. The molecule has 0 bridgehead atoms. The highest BCUT2D eigenvalue weighted by Gasteiger charge is 2.21. The molecule has 0 radical (unpaired) electrons. The van der Waals surface area contributed by atoms with Crippen LogP contribution < -0.4 is 15.4 Å². The zero-order valence-corrected chi connectivity index (χ0v) is 22.4. The maximum absolute atomic E-state index is 12.6. The summed E-state index contributed by atoms with van der Waals surface area (Å²) >= 11 is 0. The van der Waals surface area contributed by atoms with Crippen LogP contribution >= 0.6 is 0 Å². The average Bonchev–Trinajstić information content (AvgIpc) is 3.25. The number of guanidine groups is 1. The summed E-state index contributed by atoms with van der Waals surface area (Å²) in [6.45, 7) is 10.2. The van der Waals surface area contributed by atoms with Crippen molar-refractivity contribution >= 4 is 46.9 Å². The molecule has 0 saturated heterocycles. The second-order valence-corrected chi connectivity index (χ2v) is 9.96. The van der Waals surface area contributed by atoms with Gasteiger partial charge in [-0.25, -0.2) is 19.4 Å². The Morgan fingerprint density at radius 3 is 1.87 bits per heavy atom. The topological polar surface area (TPSA) is 165 Å². The molecule has 12 nitrogen and oxygen atoms in total. The molecule has 0 spiro atoms. The minimum absolute atomic E-state index is 0.201. The smallest absolute Gasteiger partial charge is 0.414 e. The quantitative estimate of drug-likeness (QED) is 0.184. The molecular formula is C27H30N4O8. The highest BCUT2D eigenvalue weighted by atomic mass is 16.6. The number of carbonyl (C=O) groups excluding carboxylic acids is 5. The van der Waals surface area contributed by atoms with Gasteiger partial charge in [0, 0.05) is 17.8 Å². The number of fused-ring (bicyclic) bond motifs is 1. The van der Waals surface area contributed by atoms with Crippen LogP contribution in [-0.2, 0) is 19.1 Å². The Morgan fingerprint density at radius 2 is 1.36 bits per heavy atom. The zero-order chi connectivity index (χ0) is 29.2. The van der Waals surface area contributed by atoms with Crippen molar-refractivity contribution in [3.63, 3.8) is 0 Å². The van der Waals surface area contributed by atoms with E-state index in [1.807, 2.05) is 12.1 Å². The summed E-state index contributed by atoms with van der Waals surface area (Å²) in [5.41, 5.74) is -0.0143. The molecule has 0 aliphatic carbocycles. The van der Waals surface area contributed by atoms with Crippen molar-refractivity contribution in [2.45, 2.75) is 52.7 Å². The summed E-state index contributed by atoms with van der Waals surface area (Å²) in [4.78, 5) is 60.6. The summed E-state index contributed by atoms with van der Waals surface area (Å²) in [6.07, 6.45) is 0.437. The van der Waals surface area contributed by atoms with E-state index in [0.717, 1.165) is 10.9 Å². The number of amides is 2. The Bertz CT molecular complexity index is 1340. The van der Waals surface area contributed by atoms with Crippen molar-refractivity contribution < 1.29 is 38.2 Å². The Morgan fingerprint density at radius 1 is 0.821 bits per heavy atom. The summed E-state index contributed by atoms with van der Waals surface area (Å²) < 4.78 is 15.9. The van der Waals surface area contributed by atoms with E-state index in [1.54, 1.807) is 59.9 Å². The van der Waals surface area contributed by atoms with E-state index in [1.165, 1.54) is 24.3 Å². The number of ether oxygens (including phenoxy) is 3. The van der Waals surface area contributed by atoms with Crippen LogP contribution in [0.25, 0.3) is 10.9 Å². The normalized spacial score (nSPS) is 10.7. The van der Waals surface area contributed by atoms with E-state index in [0.29, 0.717) is 17.0 Å². The highest BCUT2D eigenvalue weighted by molar-refractivity contribution is 6.02. The van der Waals surface area contributed by atoms with Gasteiger partial charge in [-0.2, -0.15) is 9.59 Å². The number of benzene rings is 2. The molecule has 0 unspecified atom stereocenters. The summed E-state index contributed by atoms with van der Waals surface area (Å²) in [6, 6.07) is 13.3. The first-order valence-corrected chi connectivity index (χ1v) is 11.7. The van der Waals surface area contributed by atoms with Gasteiger partial charge in [0.15, 0.2) is 0 Å². The van der Waals surface area contributed by atoms with Gasteiger partial charge >= 0.3 is 24.3 Å². The molecule has 0 aliphatic heterocycles. The third-order valence-electron chi connectivity index (χ3n) is 4.32. The Balaban J connectivity index is 0.00000170. The van der Waals surface area contributed by atoms with E-state index in [9.17, 15) is 14.4 Å². The standard InChI is InChI=1S/C26H30N4O6.CO2/c1-25(2,3)35-23(32)29-22(30-24(33)36-26(4,5)6)28-18-10-7-17(8-11-18)21(31)34-19-12-9-16-13-14-27-20(16)15-19;2-1-3/h7-15,27H,1-6H3,(H2,28,29,30,32,33);. The number of aromatic amines is 1. The van der Waals surface area contributed by atoms with E-state index in [2.05, 4.69) is 20.6 Å². The summed E-state index contributed by atoms with van der Waals surface area (Å²) in [5.74, 6) is -0.342. The van der Waals surface area contributed by atoms with Crippen molar-refractivity contribution in [3.8, 4) is 5.75 Å². The molecule has 206 valence electrons. The molecule has 39 heavy (non-hydrogen) atoms. The predicted octanol–water partition coefficient (Wildman–Crippen LogP) is 4.84. The lowest BCUT2D eigenvalue weighted by molar-refractivity contribution is -0.191. The maximum Gasteiger partial charge on any atom is 0.414 e. The SMILES string of the molecule is CC(C)(C)OC(=O)NC(=Nc1ccc(C(=O)Oc2ccc3cc[nH]c3c2)cc1)NC(=O)OC(C)(C)C.O=C=O. The molecule has 1 aromatic heterocycles. The van der Waals surface area contributed by atoms with Crippen LogP contribution in [0.3, 0.4) is 0 Å². The second-order valence-electron chi connectivity index (χ2n) is 9.96. The van der Waals surface area contributed by atoms with Gasteiger partial charge in [0.25, 0.3) is 0 Å². The number of rotatable bonds is 3. The monoisotopic (exact) mass is 538 g/mol. The van der Waals surface area contributed by atoms with Crippen molar-refractivity contribution in [2.24, 2.45) is 4.99 Å². The minimum atomic E-state index is -0.809. The maximum atomic E-state index is 12.6. The van der Waals surface area contributed by atoms with Crippen LogP contribution in [0, 0.1) is 0 Å². The molecule has 1 heterocycles. The number of H-pyrrole nitrogens is 1. The molecule has 0 aliphatic rings. The number of hydrogen-bond acceptors (Lipinski definition) is 9. The Kier molecular flexibility index (Phi) is 10.1. The van der Waals surface area contributed by atoms with Crippen LogP contribution in [0.4, 0.5) is 15.3 Å². The average molecular weight is 539 g/mol. The lowest BCUT2D eigenvalue weighted by Gasteiger charge is -2.22. The fourth-order valence-corrected chi connectivity index (χ4v) is 2.95. The Labute approximate surface area is 224 Å². The van der Waals surface area contributed by atoms with E-state index < -0.39 is 29.4 Å². The molecule has 3 aromatic rings. The van der Waals surface area contributed by atoms with Gasteiger partial charge in [-0.3, -0.25) is 10.6 Å². The second kappa shape index (κ2) is 13.0. The molecular weight excluding hydrogens is 508 g/mol. The number of hydrogen-bond donors (Lipinski definition) is 3. The zero-order valence-electron chi connectivity index (χ0n) is 22.4. The Hall–Kier alpha value is -4.96. The third-order valence-corrected chi connectivity index (χ3v) is 4.32. The van der Waals surface area contributed by atoms with Gasteiger partial charge in [0.2, 0.25) is 5.96 Å². The lowest BCUT2D eigenvalue weighted by atomic mass is 10.2. The van der Waals surface area contributed by atoms with Gasteiger partial charge in [0.05, 0.1) is 11.3 Å². The fourth-order valence-electron chi connectivity index (χ4n) is 2.95. The summed E-state index contributed by atoms with van der Waals surface area (Å²) in [5, 5.41) is 5.81. The first kappa shape index (κ1) is 30.3. The minimum Gasteiger partial charge on any atom is -0.444 e. The van der Waals surface area contributed by atoms with Crippen molar-refractivity contribution in [2.75, 3.05) is 0 Å². The number of carbonyl (C=O) groups is 3. The molecule has 0 fully saturated rings. The lowest BCUT2D eigenvalue weighted by Crippen LogP contribution is -2.47.